The monoisotopic (exact) mass is 388 g/mol. The summed E-state index contributed by atoms with van der Waals surface area (Å²) < 4.78 is 0. The molecule has 0 unspecified atom stereocenters. The zero-order valence-electron chi connectivity index (χ0n) is 18.0. The zero-order chi connectivity index (χ0) is 20.6. The molecule has 0 spiro atoms. The van der Waals surface area contributed by atoms with Crippen molar-refractivity contribution in [3.63, 3.8) is 0 Å². The lowest BCUT2D eigenvalue weighted by Gasteiger charge is -2.32. The Balaban J connectivity index is 1.74. The fourth-order valence-corrected chi connectivity index (χ4v) is 3.06. The van der Waals surface area contributed by atoms with Crippen LogP contribution in [0.5, 0.6) is 0 Å². The van der Waals surface area contributed by atoms with E-state index in [2.05, 4.69) is 62.1 Å². The lowest BCUT2D eigenvalue weighted by Crippen LogP contribution is -2.48. The number of nitrogens with zero attached hydrogens (tertiary/aromatic N) is 3. The number of likely N-dealkylation sites (N-methyl/N-ethyl adjacent to an activating group) is 1. The van der Waals surface area contributed by atoms with E-state index in [1.165, 1.54) is 11.1 Å². The van der Waals surface area contributed by atoms with Gasteiger partial charge in [0.05, 0.1) is 6.54 Å². The van der Waals surface area contributed by atoms with Gasteiger partial charge >= 0.3 is 0 Å². The van der Waals surface area contributed by atoms with Gasteiger partial charge in [-0.25, -0.2) is 0 Å². The van der Waals surface area contributed by atoms with Crippen LogP contribution in [0.25, 0.3) is 0 Å². The first-order valence-corrected chi connectivity index (χ1v) is 9.99. The van der Waals surface area contributed by atoms with Gasteiger partial charge in [-0.05, 0) is 38.9 Å². The number of guanidine groups is 1. The lowest BCUT2D eigenvalue weighted by atomic mass is 10.1. The Morgan fingerprint density at radius 3 is 2.21 bits per heavy atom. The van der Waals surface area contributed by atoms with Crippen molar-refractivity contribution in [1.29, 1.82) is 0 Å². The number of hydrogen-bond acceptors (Lipinski definition) is 4. The van der Waals surface area contributed by atoms with Crippen molar-refractivity contribution >= 4 is 11.9 Å². The zero-order valence-corrected chi connectivity index (χ0v) is 18.0. The normalized spacial score (nSPS) is 16.7. The van der Waals surface area contributed by atoms with Crippen LogP contribution in [0, 0.1) is 0 Å². The quantitative estimate of drug-likeness (QED) is 0.501. The highest BCUT2D eigenvalue weighted by Gasteiger charge is 2.14. The van der Waals surface area contributed by atoms with E-state index in [4.69, 9.17) is 0 Å². The fraction of sp³-hybridized carbons (Fsp3) is 0.619. The average Bonchev–Trinajstić information content (AvgIpc) is 2.63. The minimum absolute atomic E-state index is 0.0521. The Morgan fingerprint density at radius 2 is 1.64 bits per heavy atom. The maximum Gasteiger partial charge on any atom is 0.239 e. The molecule has 3 N–H and O–H groups in total. The number of carbonyl (C=O) groups is 1. The topological polar surface area (TPSA) is 72.0 Å². The fourth-order valence-electron chi connectivity index (χ4n) is 3.06. The Kier molecular flexibility index (Phi) is 8.26. The van der Waals surface area contributed by atoms with Gasteiger partial charge in [-0.15, -0.1) is 0 Å². The van der Waals surface area contributed by atoms with E-state index in [9.17, 15) is 4.79 Å². The molecule has 1 heterocycles. The molecule has 156 valence electrons. The van der Waals surface area contributed by atoms with E-state index in [1.54, 1.807) is 7.05 Å². The largest absolute Gasteiger partial charge is 0.352 e. The smallest absolute Gasteiger partial charge is 0.239 e. The third-order valence-corrected chi connectivity index (χ3v) is 4.64. The van der Waals surface area contributed by atoms with Gasteiger partial charge in [0.15, 0.2) is 5.96 Å². The van der Waals surface area contributed by atoms with E-state index in [1.807, 2.05) is 20.8 Å². The third kappa shape index (κ3) is 8.27. The molecule has 1 fully saturated rings. The van der Waals surface area contributed by atoms with Crippen molar-refractivity contribution in [2.24, 2.45) is 4.99 Å². The molecular weight excluding hydrogens is 352 g/mol. The number of aliphatic imine (C=N–C) groups is 1. The van der Waals surface area contributed by atoms with Gasteiger partial charge in [0, 0.05) is 51.9 Å². The maximum atomic E-state index is 11.9. The van der Waals surface area contributed by atoms with Crippen LogP contribution < -0.4 is 16.0 Å². The predicted molar refractivity (Wildman–Crippen MR) is 115 cm³/mol. The molecule has 0 aromatic heterocycles. The Bertz CT molecular complexity index is 642. The molecule has 0 radical (unpaired) electrons. The summed E-state index contributed by atoms with van der Waals surface area (Å²) >= 11 is 0. The van der Waals surface area contributed by atoms with Gasteiger partial charge in [-0.2, -0.15) is 0 Å². The summed E-state index contributed by atoms with van der Waals surface area (Å²) in [7, 11) is 3.88. The van der Waals surface area contributed by atoms with E-state index in [0.717, 1.165) is 32.7 Å². The second-order valence-corrected chi connectivity index (χ2v) is 8.47. The van der Waals surface area contributed by atoms with Crippen LogP contribution in [-0.2, 0) is 17.9 Å². The molecule has 0 bridgehead atoms. The highest BCUT2D eigenvalue weighted by molar-refractivity contribution is 5.86. The van der Waals surface area contributed by atoms with Crippen molar-refractivity contribution in [3.8, 4) is 0 Å². The van der Waals surface area contributed by atoms with Crippen molar-refractivity contribution in [3.05, 3.63) is 35.4 Å². The summed E-state index contributed by atoms with van der Waals surface area (Å²) in [6, 6.07) is 8.70. The van der Waals surface area contributed by atoms with Crippen LogP contribution in [-0.4, -0.2) is 74.0 Å². The highest BCUT2D eigenvalue weighted by Crippen LogP contribution is 2.09. The molecule has 1 aliphatic heterocycles. The van der Waals surface area contributed by atoms with Gasteiger partial charge in [0.25, 0.3) is 0 Å². The van der Waals surface area contributed by atoms with Crippen molar-refractivity contribution < 1.29 is 4.79 Å². The molecule has 2 rings (SSSR count). The molecule has 7 heteroatoms. The van der Waals surface area contributed by atoms with Crippen molar-refractivity contribution in [2.75, 3.05) is 46.8 Å². The molecular formula is C21H36N6O. The Morgan fingerprint density at radius 1 is 1.04 bits per heavy atom. The Hall–Kier alpha value is -2.12. The number of benzene rings is 1. The molecule has 0 aliphatic carbocycles. The maximum absolute atomic E-state index is 11.9. The number of amides is 1. The summed E-state index contributed by atoms with van der Waals surface area (Å²) in [5.74, 6) is 0.564. The first-order chi connectivity index (χ1) is 13.2. The molecule has 0 atom stereocenters. The number of rotatable bonds is 6. The van der Waals surface area contributed by atoms with Crippen molar-refractivity contribution in [2.45, 2.75) is 39.4 Å². The van der Waals surface area contributed by atoms with Gasteiger partial charge < -0.3 is 20.9 Å². The Labute approximate surface area is 169 Å². The van der Waals surface area contributed by atoms with Crippen LogP contribution in [0.4, 0.5) is 0 Å². The van der Waals surface area contributed by atoms with Crippen LogP contribution >= 0.6 is 0 Å². The average molecular weight is 389 g/mol. The molecule has 1 saturated heterocycles. The van der Waals surface area contributed by atoms with Crippen LogP contribution in [0.1, 0.15) is 31.9 Å². The van der Waals surface area contributed by atoms with E-state index < -0.39 is 0 Å². The van der Waals surface area contributed by atoms with Gasteiger partial charge in [-0.1, -0.05) is 24.3 Å². The van der Waals surface area contributed by atoms with Gasteiger partial charge in [0.2, 0.25) is 5.91 Å². The van der Waals surface area contributed by atoms with Crippen LogP contribution in [0.15, 0.2) is 29.3 Å². The summed E-state index contributed by atoms with van der Waals surface area (Å²) in [4.78, 5) is 21.0. The van der Waals surface area contributed by atoms with Crippen LogP contribution in [0.2, 0.25) is 0 Å². The number of nitrogens with one attached hydrogen (secondary N) is 3. The molecule has 7 nitrogen and oxygen atoms in total. The third-order valence-electron chi connectivity index (χ3n) is 4.64. The second kappa shape index (κ2) is 10.4. The lowest BCUT2D eigenvalue weighted by molar-refractivity contribution is -0.121. The van der Waals surface area contributed by atoms with E-state index >= 15 is 0 Å². The predicted octanol–water partition coefficient (Wildman–Crippen LogP) is 1.01. The molecule has 1 aromatic carbocycles. The summed E-state index contributed by atoms with van der Waals surface area (Å²) in [6.45, 7) is 12.3. The first-order valence-electron chi connectivity index (χ1n) is 9.99. The summed E-state index contributed by atoms with van der Waals surface area (Å²) in [5, 5.41) is 9.22. The highest BCUT2D eigenvalue weighted by atomic mass is 16.2. The molecule has 28 heavy (non-hydrogen) atoms. The molecule has 1 aromatic rings. The minimum atomic E-state index is -0.235. The van der Waals surface area contributed by atoms with Crippen LogP contribution in [0.3, 0.4) is 0 Å². The summed E-state index contributed by atoms with van der Waals surface area (Å²) in [6.07, 6.45) is 0. The SMILES string of the molecule is CN=C(NCC(=O)NC(C)(C)C)NCc1ccc(CN2CCN(C)CC2)cc1. The molecule has 1 aliphatic rings. The first kappa shape index (κ1) is 22.2. The standard InChI is InChI=1S/C21H36N6O/c1-21(2,3)25-19(28)15-24-20(22-4)23-14-17-6-8-18(9-7-17)16-27-12-10-26(5)11-13-27/h6-9H,10-16H2,1-5H3,(H,25,28)(H2,22,23,24). The van der Waals surface area contributed by atoms with E-state index in [-0.39, 0.29) is 18.0 Å². The van der Waals surface area contributed by atoms with Gasteiger partial charge in [0.1, 0.15) is 0 Å². The molecule has 0 saturated carbocycles. The van der Waals surface area contributed by atoms with Crippen molar-refractivity contribution in [1.82, 2.24) is 25.8 Å². The van der Waals surface area contributed by atoms with E-state index in [0.29, 0.717) is 12.5 Å². The second-order valence-electron chi connectivity index (χ2n) is 8.47. The van der Waals surface area contributed by atoms with Gasteiger partial charge in [-0.3, -0.25) is 14.7 Å². The summed E-state index contributed by atoms with van der Waals surface area (Å²) in [5.41, 5.74) is 2.29. The number of carbonyl (C=O) groups excluding carboxylic acids is 1. The minimum Gasteiger partial charge on any atom is -0.352 e. The number of piperazine rings is 1. The number of hydrogen-bond donors (Lipinski definition) is 3. The molecule has 1 amide bonds.